The zero-order chi connectivity index (χ0) is 13.2. The van der Waals surface area contributed by atoms with Crippen molar-refractivity contribution in [3.63, 3.8) is 0 Å². The molecule has 1 heterocycles. The number of hydrogen-bond donors (Lipinski definition) is 1. The van der Waals surface area contributed by atoms with Gasteiger partial charge < -0.3 is 14.8 Å². The van der Waals surface area contributed by atoms with E-state index in [1.54, 1.807) is 7.11 Å². The van der Waals surface area contributed by atoms with E-state index in [0.29, 0.717) is 12.1 Å². The number of nitrogens with zero attached hydrogens (tertiary/aromatic N) is 1. The lowest BCUT2D eigenvalue weighted by Gasteiger charge is -2.31. The smallest absolute Gasteiger partial charge is 0.0699 e. The first-order valence-corrected chi connectivity index (χ1v) is 7.37. The highest BCUT2D eigenvalue weighted by atomic mass is 16.5. The Balaban J connectivity index is 2.47. The van der Waals surface area contributed by atoms with Crippen molar-refractivity contribution in [3.8, 4) is 0 Å². The SMILES string of the molecule is CCCNCC(COC)N1CCCOC(CC)C1. The molecule has 0 aromatic heterocycles. The molecule has 1 fully saturated rings. The number of hydrogen-bond acceptors (Lipinski definition) is 4. The standard InChI is InChI=1S/C14H30N2O2/c1-4-7-15-10-13(12-17-3)16-8-6-9-18-14(5-2)11-16/h13-15H,4-12H2,1-3H3. The lowest BCUT2D eigenvalue weighted by Crippen LogP contribution is -2.47. The van der Waals surface area contributed by atoms with Crippen molar-refractivity contribution >= 4 is 0 Å². The quantitative estimate of drug-likeness (QED) is 0.669. The first-order valence-electron chi connectivity index (χ1n) is 7.37. The van der Waals surface area contributed by atoms with Crippen LogP contribution in [-0.4, -0.2) is 63.5 Å². The van der Waals surface area contributed by atoms with E-state index in [1.807, 2.05) is 0 Å². The summed E-state index contributed by atoms with van der Waals surface area (Å²) in [5.41, 5.74) is 0. The zero-order valence-electron chi connectivity index (χ0n) is 12.3. The summed E-state index contributed by atoms with van der Waals surface area (Å²) in [4.78, 5) is 2.54. The highest BCUT2D eigenvalue weighted by Gasteiger charge is 2.23. The fourth-order valence-corrected chi connectivity index (χ4v) is 2.43. The summed E-state index contributed by atoms with van der Waals surface area (Å²) in [6.07, 6.45) is 3.79. The molecule has 0 aliphatic carbocycles. The van der Waals surface area contributed by atoms with E-state index in [1.165, 1.54) is 6.42 Å². The van der Waals surface area contributed by atoms with Crippen molar-refractivity contribution in [3.05, 3.63) is 0 Å². The van der Waals surface area contributed by atoms with E-state index in [2.05, 4.69) is 24.1 Å². The third-order valence-electron chi connectivity index (χ3n) is 3.52. The zero-order valence-corrected chi connectivity index (χ0v) is 12.3. The molecular formula is C14H30N2O2. The lowest BCUT2D eigenvalue weighted by atomic mass is 10.2. The van der Waals surface area contributed by atoms with Gasteiger partial charge in [0.15, 0.2) is 0 Å². The largest absolute Gasteiger partial charge is 0.383 e. The van der Waals surface area contributed by atoms with Gasteiger partial charge in [0.1, 0.15) is 0 Å². The molecule has 1 N–H and O–H groups in total. The molecule has 2 atom stereocenters. The van der Waals surface area contributed by atoms with Gasteiger partial charge in [0.25, 0.3) is 0 Å². The van der Waals surface area contributed by atoms with Gasteiger partial charge in [-0.05, 0) is 25.8 Å². The van der Waals surface area contributed by atoms with Gasteiger partial charge in [0.05, 0.1) is 12.7 Å². The van der Waals surface area contributed by atoms with Crippen LogP contribution in [0.1, 0.15) is 33.1 Å². The van der Waals surface area contributed by atoms with E-state index in [4.69, 9.17) is 9.47 Å². The Hall–Kier alpha value is -0.160. The minimum atomic E-state index is 0.387. The second-order valence-corrected chi connectivity index (χ2v) is 5.06. The molecule has 108 valence electrons. The van der Waals surface area contributed by atoms with Gasteiger partial charge in [0.2, 0.25) is 0 Å². The number of rotatable bonds is 8. The Bertz CT molecular complexity index is 202. The van der Waals surface area contributed by atoms with Gasteiger partial charge in [0, 0.05) is 39.4 Å². The summed E-state index contributed by atoms with van der Waals surface area (Å²) in [6, 6.07) is 0.470. The summed E-state index contributed by atoms with van der Waals surface area (Å²) in [5.74, 6) is 0. The normalized spacial score (nSPS) is 23.8. The summed E-state index contributed by atoms with van der Waals surface area (Å²) < 4.78 is 11.2. The van der Waals surface area contributed by atoms with Crippen molar-refractivity contribution in [2.45, 2.75) is 45.3 Å². The molecule has 1 aliphatic rings. The van der Waals surface area contributed by atoms with E-state index in [0.717, 1.165) is 52.2 Å². The molecular weight excluding hydrogens is 228 g/mol. The monoisotopic (exact) mass is 258 g/mol. The fourth-order valence-electron chi connectivity index (χ4n) is 2.43. The molecule has 0 aromatic carbocycles. The highest BCUT2D eigenvalue weighted by Crippen LogP contribution is 2.12. The molecule has 2 unspecified atom stereocenters. The van der Waals surface area contributed by atoms with Gasteiger partial charge in [-0.15, -0.1) is 0 Å². The van der Waals surface area contributed by atoms with Crippen LogP contribution in [0.2, 0.25) is 0 Å². The van der Waals surface area contributed by atoms with Crippen molar-refractivity contribution in [1.29, 1.82) is 0 Å². The number of methoxy groups -OCH3 is 1. The van der Waals surface area contributed by atoms with Crippen LogP contribution in [0, 0.1) is 0 Å². The molecule has 4 nitrogen and oxygen atoms in total. The number of ether oxygens (including phenoxy) is 2. The molecule has 18 heavy (non-hydrogen) atoms. The third kappa shape index (κ3) is 5.65. The second kappa shape index (κ2) is 9.73. The third-order valence-corrected chi connectivity index (χ3v) is 3.52. The van der Waals surface area contributed by atoms with Crippen LogP contribution in [0.25, 0.3) is 0 Å². The molecule has 0 saturated carbocycles. The number of nitrogens with one attached hydrogen (secondary N) is 1. The van der Waals surface area contributed by atoms with Crippen LogP contribution in [0.5, 0.6) is 0 Å². The van der Waals surface area contributed by atoms with Gasteiger partial charge in [-0.3, -0.25) is 4.90 Å². The predicted octanol–water partition coefficient (Wildman–Crippen LogP) is 1.50. The highest BCUT2D eigenvalue weighted by molar-refractivity contribution is 4.78. The maximum atomic E-state index is 5.83. The lowest BCUT2D eigenvalue weighted by molar-refractivity contribution is 0.0335. The average Bonchev–Trinajstić information content (AvgIpc) is 2.63. The van der Waals surface area contributed by atoms with Crippen LogP contribution in [0.15, 0.2) is 0 Å². The van der Waals surface area contributed by atoms with Crippen LogP contribution >= 0.6 is 0 Å². The average molecular weight is 258 g/mol. The minimum Gasteiger partial charge on any atom is -0.383 e. The summed E-state index contributed by atoms with van der Waals surface area (Å²) in [5, 5.41) is 3.51. The van der Waals surface area contributed by atoms with Crippen LogP contribution in [0.4, 0.5) is 0 Å². The second-order valence-electron chi connectivity index (χ2n) is 5.06. The van der Waals surface area contributed by atoms with Crippen LogP contribution in [-0.2, 0) is 9.47 Å². The van der Waals surface area contributed by atoms with E-state index in [9.17, 15) is 0 Å². The van der Waals surface area contributed by atoms with Gasteiger partial charge in [-0.25, -0.2) is 0 Å². The first kappa shape index (κ1) is 15.9. The van der Waals surface area contributed by atoms with Crippen molar-refractivity contribution in [1.82, 2.24) is 10.2 Å². The molecule has 0 aromatic rings. The van der Waals surface area contributed by atoms with Gasteiger partial charge in [-0.2, -0.15) is 0 Å². The van der Waals surface area contributed by atoms with Gasteiger partial charge >= 0.3 is 0 Å². The maximum Gasteiger partial charge on any atom is 0.0699 e. The van der Waals surface area contributed by atoms with E-state index >= 15 is 0 Å². The molecule has 0 spiro atoms. The topological polar surface area (TPSA) is 33.7 Å². The van der Waals surface area contributed by atoms with Crippen molar-refractivity contribution in [2.24, 2.45) is 0 Å². The Labute approximate surface area is 112 Å². The van der Waals surface area contributed by atoms with Crippen LogP contribution in [0.3, 0.4) is 0 Å². The predicted molar refractivity (Wildman–Crippen MR) is 75.0 cm³/mol. The summed E-state index contributed by atoms with van der Waals surface area (Å²) in [6.45, 7) is 10.4. The first-order chi connectivity index (χ1) is 8.81. The molecule has 4 heteroatoms. The molecule has 1 aliphatic heterocycles. The van der Waals surface area contributed by atoms with Gasteiger partial charge in [-0.1, -0.05) is 13.8 Å². The fraction of sp³-hybridized carbons (Fsp3) is 1.00. The Morgan fingerprint density at radius 2 is 2.28 bits per heavy atom. The minimum absolute atomic E-state index is 0.387. The molecule has 0 radical (unpaired) electrons. The molecule has 0 amide bonds. The molecule has 1 saturated heterocycles. The summed E-state index contributed by atoms with van der Waals surface area (Å²) >= 11 is 0. The Morgan fingerprint density at radius 3 is 2.94 bits per heavy atom. The summed E-state index contributed by atoms with van der Waals surface area (Å²) in [7, 11) is 1.79. The van der Waals surface area contributed by atoms with Crippen molar-refractivity contribution < 1.29 is 9.47 Å². The van der Waals surface area contributed by atoms with E-state index in [-0.39, 0.29) is 0 Å². The maximum absolute atomic E-state index is 5.83. The molecule has 1 rings (SSSR count). The Morgan fingerprint density at radius 1 is 1.44 bits per heavy atom. The van der Waals surface area contributed by atoms with E-state index < -0.39 is 0 Å². The Kier molecular flexibility index (Phi) is 8.59. The van der Waals surface area contributed by atoms with Crippen LogP contribution < -0.4 is 5.32 Å². The van der Waals surface area contributed by atoms with Crippen molar-refractivity contribution in [2.75, 3.05) is 46.5 Å². The molecule has 0 bridgehead atoms.